The SMILES string of the molecule is CC1(NC(=O)OC(C)(C)C)CCN(C(=O)c2ccc(-c3cnc4ncc(-c5ccc(Cl)cc5)n4c3)cc2)CC1. The topological polar surface area (TPSA) is 88.8 Å². The number of benzene rings is 2. The number of imidazole rings is 1. The summed E-state index contributed by atoms with van der Waals surface area (Å²) in [5, 5.41) is 3.66. The van der Waals surface area contributed by atoms with Gasteiger partial charge in [-0.1, -0.05) is 35.9 Å². The molecule has 5 rings (SSSR count). The number of amides is 2. The summed E-state index contributed by atoms with van der Waals surface area (Å²) >= 11 is 6.05. The van der Waals surface area contributed by atoms with E-state index in [1.54, 1.807) is 12.4 Å². The van der Waals surface area contributed by atoms with Crippen LogP contribution in [0.2, 0.25) is 5.02 Å². The highest BCUT2D eigenvalue weighted by molar-refractivity contribution is 6.30. The van der Waals surface area contributed by atoms with E-state index in [0.717, 1.165) is 22.4 Å². The van der Waals surface area contributed by atoms with Crippen molar-refractivity contribution in [2.24, 2.45) is 0 Å². The lowest BCUT2D eigenvalue weighted by molar-refractivity contribution is 0.0396. The van der Waals surface area contributed by atoms with Gasteiger partial charge in [-0.3, -0.25) is 9.20 Å². The first-order chi connectivity index (χ1) is 18.5. The summed E-state index contributed by atoms with van der Waals surface area (Å²) in [6.45, 7) is 8.63. The van der Waals surface area contributed by atoms with E-state index in [0.29, 0.717) is 42.3 Å². The van der Waals surface area contributed by atoms with Crippen LogP contribution in [0.1, 0.15) is 50.9 Å². The fourth-order valence-electron chi connectivity index (χ4n) is 4.72. The number of alkyl carbamates (subject to hydrolysis) is 1. The Kier molecular flexibility index (Phi) is 7.07. The van der Waals surface area contributed by atoms with Gasteiger partial charge in [0.2, 0.25) is 5.78 Å². The van der Waals surface area contributed by atoms with Crippen LogP contribution in [0.3, 0.4) is 0 Å². The van der Waals surface area contributed by atoms with Crippen LogP contribution < -0.4 is 5.32 Å². The molecule has 0 aliphatic carbocycles. The van der Waals surface area contributed by atoms with Crippen LogP contribution in [0.25, 0.3) is 28.2 Å². The van der Waals surface area contributed by atoms with Gasteiger partial charge >= 0.3 is 6.09 Å². The summed E-state index contributed by atoms with van der Waals surface area (Å²) in [7, 11) is 0. The first-order valence-corrected chi connectivity index (χ1v) is 13.4. The number of nitrogens with zero attached hydrogens (tertiary/aromatic N) is 4. The molecule has 2 aromatic carbocycles. The molecule has 0 radical (unpaired) electrons. The molecule has 202 valence electrons. The molecule has 1 aliphatic heterocycles. The van der Waals surface area contributed by atoms with Crippen LogP contribution >= 0.6 is 11.6 Å². The molecule has 3 heterocycles. The Morgan fingerprint density at radius 2 is 1.54 bits per heavy atom. The van der Waals surface area contributed by atoms with Crippen molar-refractivity contribution in [2.75, 3.05) is 13.1 Å². The summed E-state index contributed by atoms with van der Waals surface area (Å²) in [5.74, 6) is 0.586. The summed E-state index contributed by atoms with van der Waals surface area (Å²) < 4.78 is 7.36. The summed E-state index contributed by atoms with van der Waals surface area (Å²) in [5.41, 5.74) is 3.43. The molecule has 1 fully saturated rings. The second-order valence-electron chi connectivity index (χ2n) is 11.2. The molecule has 0 spiro atoms. The summed E-state index contributed by atoms with van der Waals surface area (Å²) in [6.07, 6.45) is 6.46. The zero-order valence-electron chi connectivity index (χ0n) is 22.6. The standard InChI is InChI=1S/C30H32ClN5O3/c1-29(2,3)39-28(38)34-30(4)13-15-35(16-14-30)26(37)22-7-5-20(6-8-22)23-17-32-27-33-18-25(36(27)19-23)21-9-11-24(31)12-10-21/h5-12,17-19H,13-16H2,1-4H3,(H,34,38). The van der Waals surface area contributed by atoms with E-state index >= 15 is 0 Å². The lowest BCUT2D eigenvalue weighted by atomic mass is 9.89. The molecule has 4 aromatic rings. The minimum Gasteiger partial charge on any atom is -0.444 e. The van der Waals surface area contributed by atoms with E-state index in [1.807, 2.05) is 91.7 Å². The number of carbonyl (C=O) groups is 2. The number of rotatable bonds is 4. The van der Waals surface area contributed by atoms with Gasteiger partial charge in [0.25, 0.3) is 5.91 Å². The molecular formula is C30H32ClN5O3. The largest absolute Gasteiger partial charge is 0.444 e. The number of carbonyl (C=O) groups excluding carboxylic acids is 2. The van der Waals surface area contributed by atoms with E-state index in [4.69, 9.17) is 16.3 Å². The van der Waals surface area contributed by atoms with Gasteiger partial charge in [-0.15, -0.1) is 0 Å². The van der Waals surface area contributed by atoms with E-state index < -0.39 is 17.2 Å². The van der Waals surface area contributed by atoms with E-state index in [1.165, 1.54) is 0 Å². The maximum absolute atomic E-state index is 13.2. The molecule has 1 aliphatic rings. The second-order valence-corrected chi connectivity index (χ2v) is 11.7. The van der Waals surface area contributed by atoms with Crippen LogP contribution in [-0.4, -0.2) is 55.5 Å². The number of aromatic nitrogens is 3. The van der Waals surface area contributed by atoms with Gasteiger partial charge in [-0.05, 0) is 70.4 Å². The third kappa shape index (κ3) is 6.06. The molecule has 0 bridgehead atoms. The van der Waals surface area contributed by atoms with Gasteiger partial charge in [0.1, 0.15) is 5.60 Å². The molecule has 2 aromatic heterocycles. The highest BCUT2D eigenvalue weighted by Gasteiger charge is 2.34. The molecule has 0 atom stereocenters. The van der Waals surface area contributed by atoms with E-state index in [9.17, 15) is 9.59 Å². The monoisotopic (exact) mass is 545 g/mol. The van der Waals surface area contributed by atoms with E-state index in [2.05, 4.69) is 15.3 Å². The van der Waals surface area contributed by atoms with Crippen LogP contribution in [-0.2, 0) is 4.74 Å². The Morgan fingerprint density at radius 3 is 2.18 bits per heavy atom. The van der Waals surface area contributed by atoms with Crippen molar-refractivity contribution < 1.29 is 14.3 Å². The Morgan fingerprint density at radius 1 is 0.923 bits per heavy atom. The van der Waals surface area contributed by atoms with Crippen molar-refractivity contribution in [1.82, 2.24) is 24.6 Å². The smallest absolute Gasteiger partial charge is 0.408 e. The number of hydrogen-bond donors (Lipinski definition) is 1. The number of nitrogens with one attached hydrogen (secondary N) is 1. The average Bonchev–Trinajstić information content (AvgIpc) is 3.31. The van der Waals surface area contributed by atoms with Crippen molar-refractivity contribution in [3.8, 4) is 22.4 Å². The number of ether oxygens (including phenoxy) is 1. The van der Waals surface area contributed by atoms with Gasteiger partial charge < -0.3 is 15.0 Å². The first kappa shape index (κ1) is 26.7. The fourth-order valence-corrected chi connectivity index (χ4v) is 4.85. The predicted molar refractivity (Wildman–Crippen MR) is 152 cm³/mol. The lowest BCUT2D eigenvalue weighted by Gasteiger charge is -2.40. The Labute approximate surface area is 233 Å². The third-order valence-electron chi connectivity index (χ3n) is 6.93. The highest BCUT2D eigenvalue weighted by atomic mass is 35.5. The fraction of sp³-hybridized carbons (Fsp3) is 0.333. The molecule has 1 N–H and O–H groups in total. The maximum Gasteiger partial charge on any atom is 0.408 e. The van der Waals surface area contributed by atoms with E-state index in [-0.39, 0.29) is 5.91 Å². The minimum atomic E-state index is -0.553. The van der Waals surface area contributed by atoms with Crippen LogP contribution in [0, 0.1) is 0 Å². The predicted octanol–water partition coefficient (Wildman–Crippen LogP) is 6.24. The first-order valence-electron chi connectivity index (χ1n) is 13.0. The molecule has 9 heteroatoms. The summed E-state index contributed by atoms with van der Waals surface area (Å²) in [4.78, 5) is 36.2. The molecular weight excluding hydrogens is 514 g/mol. The molecule has 2 amide bonds. The third-order valence-corrected chi connectivity index (χ3v) is 7.18. The number of halogens is 1. The van der Waals surface area contributed by atoms with Gasteiger partial charge in [-0.2, -0.15) is 0 Å². The number of fused-ring (bicyclic) bond motifs is 1. The Bertz CT molecular complexity index is 1500. The lowest BCUT2D eigenvalue weighted by Crippen LogP contribution is -2.55. The Hall–Kier alpha value is -3.91. The molecule has 8 nitrogen and oxygen atoms in total. The van der Waals surface area contributed by atoms with Crippen molar-refractivity contribution >= 4 is 29.4 Å². The van der Waals surface area contributed by atoms with Gasteiger partial charge in [-0.25, -0.2) is 14.8 Å². The van der Waals surface area contributed by atoms with Gasteiger partial charge in [0.15, 0.2) is 0 Å². The van der Waals surface area contributed by atoms with Crippen molar-refractivity contribution in [2.45, 2.75) is 51.7 Å². The number of hydrogen-bond acceptors (Lipinski definition) is 5. The summed E-state index contributed by atoms with van der Waals surface area (Å²) in [6, 6.07) is 15.2. The van der Waals surface area contributed by atoms with Crippen molar-refractivity contribution in [1.29, 1.82) is 0 Å². The molecule has 0 unspecified atom stereocenters. The number of likely N-dealkylation sites (tertiary alicyclic amines) is 1. The zero-order chi connectivity index (χ0) is 27.8. The quantitative estimate of drug-likeness (QED) is 0.328. The van der Waals surface area contributed by atoms with Crippen LogP contribution in [0.5, 0.6) is 0 Å². The second kappa shape index (κ2) is 10.3. The maximum atomic E-state index is 13.2. The molecule has 39 heavy (non-hydrogen) atoms. The zero-order valence-corrected chi connectivity index (χ0v) is 23.3. The highest BCUT2D eigenvalue weighted by Crippen LogP contribution is 2.27. The Balaban J connectivity index is 1.26. The van der Waals surface area contributed by atoms with Gasteiger partial charge in [0, 0.05) is 52.7 Å². The van der Waals surface area contributed by atoms with Crippen LogP contribution in [0.15, 0.2) is 67.1 Å². The van der Waals surface area contributed by atoms with Crippen molar-refractivity contribution in [3.05, 3.63) is 77.7 Å². The minimum absolute atomic E-state index is 0.0194. The molecule has 0 saturated carbocycles. The normalized spacial score (nSPS) is 15.3. The average molecular weight is 546 g/mol. The van der Waals surface area contributed by atoms with Gasteiger partial charge in [0.05, 0.1) is 11.9 Å². The van der Waals surface area contributed by atoms with Crippen LogP contribution in [0.4, 0.5) is 4.79 Å². The van der Waals surface area contributed by atoms with Crippen molar-refractivity contribution in [3.63, 3.8) is 0 Å². The number of piperidine rings is 1. The molecule has 1 saturated heterocycles.